The Morgan fingerprint density at radius 3 is 2.63 bits per heavy atom. The lowest BCUT2D eigenvalue weighted by molar-refractivity contribution is -0.148. The largest absolute Gasteiger partial charge is 0.467 e. The summed E-state index contributed by atoms with van der Waals surface area (Å²) in [5.41, 5.74) is 4.55. The monoisotopic (exact) mass is 430 g/mol. The second kappa shape index (κ2) is 8.10. The number of hydrogen-bond acceptors (Lipinski definition) is 6. The van der Waals surface area contributed by atoms with E-state index in [2.05, 4.69) is 49.5 Å². The van der Waals surface area contributed by atoms with Gasteiger partial charge in [-0.15, -0.1) is 0 Å². The summed E-state index contributed by atoms with van der Waals surface area (Å²) >= 11 is 0.865. The fourth-order valence-electron chi connectivity index (χ4n) is 4.64. The van der Waals surface area contributed by atoms with Crippen molar-refractivity contribution in [3.63, 3.8) is 0 Å². The number of rotatable bonds is 4. The second-order valence-corrected chi connectivity index (χ2v) is 9.67. The maximum atomic E-state index is 12.8. The lowest BCUT2D eigenvalue weighted by Crippen LogP contribution is -2.48. The lowest BCUT2D eigenvalue weighted by atomic mass is 9.79. The number of thioether (sulfide) groups is 1. The van der Waals surface area contributed by atoms with E-state index in [-0.39, 0.29) is 5.54 Å². The first-order chi connectivity index (χ1) is 14.0. The Balaban J connectivity index is 2.00. The van der Waals surface area contributed by atoms with Gasteiger partial charge in [-0.05, 0) is 93.6 Å². The SMILES string of the molecule is CCN1c2cc(C)c(/C=C3/SC(=O)N([C@@H](C)C(=O)OC)C3=O)cc2[C@@H](C)CC1(C)C. The van der Waals surface area contributed by atoms with Crippen molar-refractivity contribution < 1.29 is 19.1 Å². The van der Waals surface area contributed by atoms with Crippen LogP contribution in [0.15, 0.2) is 17.0 Å². The van der Waals surface area contributed by atoms with Gasteiger partial charge < -0.3 is 9.64 Å². The van der Waals surface area contributed by atoms with E-state index in [4.69, 9.17) is 0 Å². The highest BCUT2D eigenvalue weighted by molar-refractivity contribution is 8.18. The van der Waals surface area contributed by atoms with Gasteiger partial charge in [0.15, 0.2) is 0 Å². The van der Waals surface area contributed by atoms with Gasteiger partial charge in [0.25, 0.3) is 11.1 Å². The molecule has 0 unspecified atom stereocenters. The fraction of sp³-hybridized carbons (Fsp3) is 0.522. The molecule has 3 rings (SSSR count). The Labute approximate surface area is 182 Å². The van der Waals surface area contributed by atoms with E-state index in [9.17, 15) is 14.4 Å². The summed E-state index contributed by atoms with van der Waals surface area (Å²) in [6.07, 6.45) is 2.82. The van der Waals surface area contributed by atoms with Crippen LogP contribution in [0.3, 0.4) is 0 Å². The van der Waals surface area contributed by atoms with Gasteiger partial charge in [-0.1, -0.05) is 6.92 Å². The Bertz CT molecular complexity index is 937. The number of methoxy groups -OCH3 is 1. The molecule has 1 saturated heterocycles. The van der Waals surface area contributed by atoms with Crippen LogP contribution >= 0.6 is 11.8 Å². The number of carbonyl (C=O) groups excluding carboxylic acids is 3. The van der Waals surface area contributed by atoms with Crippen LogP contribution in [-0.4, -0.2) is 47.3 Å². The van der Waals surface area contributed by atoms with Gasteiger partial charge in [0.05, 0.1) is 12.0 Å². The standard InChI is InChI=1S/C23H30N2O4S/c1-8-24-18-9-13(2)16(10-17(18)14(3)12-23(24,5)6)11-19-20(26)25(22(28)30-19)15(4)21(27)29-7/h9-11,14-15H,8,12H2,1-7H3/b19-11+/t14-,15-/m0/s1. The number of hydrogen-bond donors (Lipinski definition) is 0. The molecule has 0 radical (unpaired) electrons. The molecule has 2 heterocycles. The average Bonchev–Trinajstić information content (AvgIpc) is 2.94. The minimum atomic E-state index is -0.946. The Morgan fingerprint density at radius 2 is 2.03 bits per heavy atom. The van der Waals surface area contributed by atoms with Crippen molar-refractivity contribution in [2.24, 2.45) is 0 Å². The number of aryl methyl sites for hydroxylation is 1. The van der Waals surface area contributed by atoms with E-state index in [0.29, 0.717) is 10.8 Å². The molecule has 0 N–H and O–H groups in total. The van der Waals surface area contributed by atoms with E-state index < -0.39 is 23.2 Å². The Morgan fingerprint density at radius 1 is 1.37 bits per heavy atom. The van der Waals surface area contributed by atoms with Crippen molar-refractivity contribution in [1.29, 1.82) is 0 Å². The lowest BCUT2D eigenvalue weighted by Gasteiger charge is -2.47. The molecule has 1 fully saturated rings. The second-order valence-electron chi connectivity index (χ2n) is 8.68. The van der Waals surface area contributed by atoms with Crippen LogP contribution in [0.25, 0.3) is 6.08 Å². The number of ether oxygens (including phenoxy) is 1. The third-order valence-corrected chi connectivity index (χ3v) is 7.01. The number of nitrogens with zero attached hydrogens (tertiary/aromatic N) is 2. The van der Waals surface area contributed by atoms with Gasteiger partial charge in [0.2, 0.25) is 0 Å². The zero-order valence-corrected chi connectivity index (χ0v) is 19.6. The number of amides is 2. The van der Waals surface area contributed by atoms with E-state index >= 15 is 0 Å². The molecule has 162 valence electrons. The van der Waals surface area contributed by atoms with Gasteiger partial charge >= 0.3 is 5.97 Å². The summed E-state index contributed by atoms with van der Waals surface area (Å²) in [5, 5.41) is -0.452. The quantitative estimate of drug-likeness (QED) is 0.509. The van der Waals surface area contributed by atoms with Crippen molar-refractivity contribution in [3.8, 4) is 0 Å². The highest BCUT2D eigenvalue weighted by Gasteiger charge is 2.41. The van der Waals surface area contributed by atoms with Crippen LogP contribution in [0, 0.1) is 6.92 Å². The molecular formula is C23H30N2O4S. The third-order valence-electron chi connectivity index (χ3n) is 6.13. The zero-order chi connectivity index (χ0) is 22.4. The summed E-state index contributed by atoms with van der Waals surface area (Å²) in [6, 6.07) is 3.38. The molecule has 2 atom stereocenters. The molecule has 0 aromatic heterocycles. The molecule has 0 saturated carbocycles. The van der Waals surface area contributed by atoms with Crippen molar-refractivity contribution >= 4 is 40.6 Å². The number of fused-ring (bicyclic) bond motifs is 1. The Hall–Kier alpha value is -2.28. The number of imide groups is 1. The highest BCUT2D eigenvalue weighted by Crippen LogP contribution is 2.45. The number of carbonyl (C=O) groups is 3. The van der Waals surface area contributed by atoms with E-state index in [1.807, 2.05) is 6.92 Å². The molecule has 7 heteroatoms. The molecule has 1 aromatic rings. The van der Waals surface area contributed by atoms with Crippen LogP contribution in [0.5, 0.6) is 0 Å². The third kappa shape index (κ3) is 3.75. The predicted octanol–water partition coefficient (Wildman–Crippen LogP) is 4.70. The predicted molar refractivity (Wildman–Crippen MR) is 121 cm³/mol. The molecule has 2 aliphatic heterocycles. The summed E-state index contributed by atoms with van der Waals surface area (Å²) < 4.78 is 4.69. The maximum absolute atomic E-state index is 12.8. The molecule has 30 heavy (non-hydrogen) atoms. The molecule has 0 spiro atoms. The first-order valence-corrected chi connectivity index (χ1v) is 11.1. The van der Waals surface area contributed by atoms with Gasteiger partial charge in [0.1, 0.15) is 6.04 Å². The first kappa shape index (κ1) is 22.4. The van der Waals surface area contributed by atoms with Crippen LogP contribution < -0.4 is 4.90 Å². The van der Waals surface area contributed by atoms with Gasteiger partial charge in [-0.2, -0.15) is 0 Å². The maximum Gasteiger partial charge on any atom is 0.328 e. The van der Waals surface area contributed by atoms with Crippen molar-refractivity contribution in [3.05, 3.63) is 33.7 Å². The van der Waals surface area contributed by atoms with Gasteiger partial charge in [-0.25, -0.2) is 4.79 Å². The van der Waals surface area contributed by atoms with Gasteiger partial charge in [-0.3, -0.25) is 14.5 Å². The summed E-state index contributed by atoms with van der Waals surface area (Å²) in [7, 11) is 1.24. The number of anilines is 1. The highest BCUT2D eigenvalue weighted by atomic mass is 32.2. The zero-order valence-electron chi connectivity index (χ0n) is 18.7. The van der Waals surface area contributed by atoms with Crippen LogP contribution in [0.4, 0.5) is 10.5 Å². The molecule has 2 amide bonds. The molecule has 2 aliphatic rings. The summed E-state index contributed by atoms with van der Waals surface area (Å²) in [6.45, 7) is 13.4. The molecular weight excluding hydrogens is 400 g/mol. The number of benzene rings is 1. The van der Waals surface area contributed by atoms with E-state index in [0.717, 1.165) is 40.8 Å². The smallest absolute Gasteiger partial charge is 0.328 e. The van der Waals surface area contributed by atoms with Crippen LogP contribution in [0.1, 0.15) is 63.6 Å². The fourth-order valence-corrected chi connectivity index (χ4v) is 5.53. The summed E-state index contributed by atoms with van der Waals surface area (Å²) in [4.78, 5) is 40.8. The van der Waals surface area contributed by atoms with Crippen molar-refractivity contribution in [1.82, 2.24) is 4.90 Å². The molecule has 0 bridgehead atoms. The summed E-state index contributed by atoms with van der Waals surface area (Å²) in [5.74, 6) is -0.677. The van der Waals surface area contributed by atoms with Crippen molar-refractivity contribution in [2.45, 2.75) is 65.5 Å². The average molecular weight is 431 g/mol. The first-order valence-electron chi connectivity index (χ1n) is 10.3. The van der Waals surface area contributed by atoms with E-state index in [1.165, 1.54) is 25.3 Å². The Kier molecular flexibility index (Phi) is 6.05. The van der Waals surface area contributed by atoms with Gasteiger partial charge in [0, 0.05) is 17.8 Å². The normalized spacial score (nSPS) is 23.0. The molecule has 1 aromatic carbocycles. The minimum Gasteiger partial charge on any atom is -0.467 e. The molecule has 0 aliphatic carbocycles. The van der Waals surface area contributed by atoms with E-state index in [1.54, 1.807) is 6.08 Å². The van der Waals surface area contributed by atoms with Crippen LogP contribution in [0.2, 0.25) is 0 Å². The molecule has 6 nitrogen and oxygen atoms in total. The minimum absolute atomic E-state index is 0.0851. The van der Waals surface area contributed by atoms with Crippen molar-refractivity contribution in [2.75, 3.05) is 18.6 Å². The van der Waals surface area contributed by atoms with Crippen LogP contribution in [-0.2, 0) is 14.3 Å². The number of esters is 1. The topological polar surface area (TPSA) is 66.9 Å².